The average Bonchev–Trinajstić information content (AvgIpc) is 2.55. The van der Waals surface area contributed by atoms with Crippen molar-refractivity contribution < 1.29 is 17.5 Å². The maximum absolute atomic E-state index is 13.0. The van der Waals surface area contributed by atoms with Crippen molar-refractivity contribution in [1.29, 1.82) is 0 Å². The monoisotopic (exact) mass is 371 g/mol. The van der Waals surface area contributed by atoms with Crippen LogP contribution in [-0.2, 0) is 16.6 Å². The number of rotatable bonds is 8. The highest BCUT2D eigenvalue weighted by Crippen LogP contribution is 2.19. The second-order valence-electron chi connectivity index (χ2n) is 5.23. The van der Waals surface area contributed by atoms with Gasteiger partial charge >= 0.3 is 0 Å². The zero-order valence-electron chi connectivity index (χ0n) is 13.3. The van der Waals surface area contributed by atoms with Gasteiger partial charge in [0.05, 0.1) is 11.5 Å². The zero-order valence-corrected chi connectivity index (χ0v) is 14.8. The Morgan fingerprint density at radius 2 is 1.88 bits per heavy atom. The fourth-order valence-corrected chi connectivity index (χ4v) is 3.21. The van der Waals surface area contributed by atoms with Crippen molar-refractivity contribution in [2.75, 3.05) is 6.61 Å². The molecule has 0 unspecified atom stereocenters. The Kier molecular flexibility index (Phi) is 6.60. The molecular weight excluding hydrogens is 353 g/mol. The molecule has 1 N–H and O–H groups in total. The van der Waals surface area contributed by atoms with E-state index in [0.717, 1.165) is 18.9 Å². The Hall–Kier alpha value is -1.63. The number of nitrogens with one attached hydrogen (secondary N) is 1. The van der Waals surface area contributed by atoms with Crippen LogP contribution in [0.25, 0.3) is 0 Å². The molecule has 0 aliphatic heterocycles. The Bertz CT molecular complexity index is 779. The van der Waals surface area contributed by atoms with E-state index in [1.807, 2.05) is 0 Å². The molecule has 0 saturated carbocycles. The highest BCUT2D eigenvalue weighted by Gasteiger charge is 2.14. The number of hydrogen-bond donors (Lipinski definition) is 1. The topological polar surface area (TPSA) is 55.4 Å². The number of sulfonamides is 1. The fraction of sp³-hybridized carbons (Fsp3) is 0.294. The third-order valence-electron chi connectivity index (χ3n) is 3.37. The van der Waals surface area contributed by atoms with Crippen LogP contribution in [0.5, 0.6) is 5.75 Å². The Labute approximate surface area is 146 Å². The summed E-state index contributed by atoms with van der Waals surface area (Å²) in [6.07, 6.45) is 1.97. The van der Waals surface area contributed by atoms with Crippen LogP contribution in [0.1, 0.15) is 25.3 Å². The largest absolute Gasteiger partial charge is 0.494 e. The van der Waals surface area contributed by atoms with Crippen LogP contribution in [0.2, 0.25) is 5.02 Å². The molecule has 0 fully saturated rings. The third-order valence-corrected chi connectivity index (χ3v) is 5.14. The van der Waals surface area contributed by atoms with E-state index in [2.05, 4.69) is 11.6 Å². The first-order valence-corrected chi connectivity index (χ1v) is 9.45. The van der Waals surface area contributed by atoms with Gasteiger partial charge in [-0.1, -0.05) is 31.0 Å². The second kappa shape index (κ2) is 8.46. The summed E-state index contributed by atoms with van der Waals surface area (Å²) in [7, 11) is -3.69. The van der Waals surface area contributed by atoms with E-state index in [0.29, 0.717) is 17.9 Å². The minimum atomic E-state index is -3.69. The van der Waals surface area contributed by atoms with Gasteiger partial charge in [0.2, 0.25) is 10.0 Å². The van der Waals surface area contributed by atoms with Gasteiger partial charge in [-0.2, -0.15) is 0 Å². The molecular formula is C17H19ClFNO3S. The van der Waals surface area contributed by atoms with Gasteiger partial charge in [-0.25, -0.2) is 17.5 Å². The highest BCUT2D eigenvalue weighted by molar-refractivity contribution is 7.89. The maximum Gasteiger partial charge on any atom is 0.240 e. The average molecular weight is 372 g/mol. The van der Waals surface area contributed by atoms with Crippen LogP contribution >= 0.6 is 11.6 Å². The van der Waals surface area contributed by atoms with Crippen molar-refractivity contribution in [1.82, 2.24) is 4.72 Å². The van der Waals surface area contributed by atoms with Gasteiger partial charge in [0.15, 0.2) is 0 Å². The van der Waals surface area contributed by atoms with Crippen molar-refractivity contribution >= 4 is 21.6 Å². The molecule has 7 heteroatoms. The summed E-state index contributed by atoms with van der Waals surface area (Å²) in [5.74, 6) is 0.161. The van der Waals surface area contributed by atoms with E-state index < -0.39 is 15.8 Å². The molecule has 0 spiro atoms. The van der Waals surface area contributed by atoms with Crippen LogP contribution < -0.4 is 9.46 Å². The van der Waals surface area contributed by atoms with Gasteiger partial charge in [0.1, 0.15) is 11.6 Å². The molecule has 0 aliphatic carbocycles. The minimum absolute atomic E-state index is 0.0177. The molecule has 0 aliphatic rings. The first-order chi connectivity index (χ1) is 11.4. The van der Waals surface area contributed by atoms with Crippen molar-refractivity contribution in [3.63, 3.8) is 0 Å². The number of hydrogen-bond acceptors (Lipinski definition) is 3. The van der Waals surface area contributed by atoms with Crippen molar-refractivity contribution in [3.8, 4) is 5.75 Å². The highest BCUT2D eigenvalue weighted by atomic mass is 35.5. The summed E-state index contributed by atoms with van der Waals surface area (Å²) in [6, 6.07) is 10.0. The molecule has 2 aromatic carbocycles. The summed E-state index contributed by atoms with van der Waals surface area (Å²) in [5.41, 5.74) is 0.501. The number of unbranched alkanes of at least 4 members (excludes halogenated alkanes) is 1. The lowest BCUT2D eigenvalue weighted by atomic mass is 10.2. The first kappa shape index (κ1) is 18.7. The van der Waals surface area contributed by atoms with E-state index in [-0.39, 0.29) is 16.5 Å². The molecule has 0 amide bonds. The van der Waals surface area contributed by atoms with E-state index in [4.69, 9.17) is 16.3 Å². The smallest absolute Gasteiger partial charge is 0.240 e. The lowest BCUT2D eigenvalue weighted by Gasteiger charge is -2.09. The molecule has 0 heterocycles. The van der Waals surface area contributed by atoms with E-state index in [1.165, 1.54) is 24.3 Å². The van der Waals surface area contributed by atoms with Crippen LogP contribution in [0.15, 0.2) is 47.4 Å². The van der Waals surface area contributed by atoms with Crippen LogP contribution in [-0.4, -0.2) is 15.0 Å². The summed E-state index contributed by atoms with van der Waals surface area (Å²) in [5, 5.41) is 0.178. The normalized spacial score (nSPS) is 11.5. The Balaban J connectivity index is 2.01. The predicted octanol–water partition coefficient (Wildman–Crippen LogP) is 4.14. The van der Waals surface area contributed by atoms with E-state index >= 15 is 0 Å². The van der Waals surface area contributed by atoms with Gasteiger partial charge in [-0.15, -0.1) is 0 Å². The lowest BCUT2D eigenvalue weighted by Crippen LogP contribution is -2.23. The SMILES string of the molecule is CCCCOc1ccc(S(=O)(=O)NCc2ccc(F)cc2Cl)cc1. The lowest BCUT2D eigenvalue weighted by molar-refractivity contribution is 0.309. The van der Waals surface area contributed by atoms with Crippen LogP contribution in [0.4, 0.5) is 4.39 Å². The van der Waals surface area contributed by atoms with Gasteiger partial charge in [0.25, 0.3) is 0 Å². The summed E-state index contributed by atoms with van der Waals surface area (Å²) >= 11 is 5.89. The van der Waals surface area contributed by atoms with E-state index in [1.54, 1.807) is 12.1 Å². The molecule has 0 radical (unpaired) electrons. The Morgan fingerprint density at radius 1 is 1.17 bits per heavy atom. The minimum Gasteiger partial charge on any atom is -0.494 e. The molecule has 2 rings (SSSR count). The second-order valence-corrected chi connectivity index (χ2v) is 7.41. The first-order valence-electron chi connectivity index (χ1n) is 7.59. The molecule has 24 heavy (non-hydrogen) atoms. The van der Waals surface area contributed by atoms with Crippen molar-refractivity contribution in [2.24, 2.45) is 0 Å². The fourth-order valence-electron chi connectivity index (χ4n) is 1.97. The van der Waals surface area contributed by atoms with Gasteiger partial charge < -0.3 is 4.74 Å². The van der Waals surface area contributed by atoms with Crippen molar-refractivity contribution in [3.05, 3.63) is 58.9 Å². The number of benzene rings is 2. The number of ether oxygens (including phenoxy) is 1. The quantitative estimate of drug-likeness (QED) is 0.709. The van der Waals surface area contributed by atoms with Crippen LogP contribution in [0.3, 0.4) is 0 Å². The number of halogens is 2. The summed E-state index contributed by atoms with van der Waals surface area (Å²) < 4.78 is 45.5. The van der Waals surface area contributed by atoms with Crippen molar-refractivity contribution in [2.45, 2.75) is 31.2 Å². The molecule has 130 valence electrons. The molecule has 4 nitrogen and oxygen atoms in total. The van der Waals surface area contributed by atoms with Crippen LogP contribution in [0, 0.1) is 5.82 Å². The van der Waals surface area contributed by atoms with Gasteiger partial charge in [-0.3, -0.25) is 0 Å². The maximum atomic E-state index is 13.0. The molecule has 0 aromatic heterocycles. The predicted molar refractivity (Wildman–Crippen MR) is 92.3 cm³/mol. The van der Waals surface area contributed by atoms with E-state index in [9.17, 15) is 12.8 Å². The third kappa shape index (κ3) is 5.19. The van der Waals surface area contributed by atoms with Gasteiger partial charge in [0, 0.05) is 11.6 Å². The zero-order chi connectivity index (χ0) is 17.6. The standard InChI is InChI=1S/C17H19ClFNO3S/c1-2-3-10-23-15-6-8-16(9-7-15)24(21,22)20-12-13-4-5-14(19)11-17(13)18/h4-9,11,20H,2-3,10,12H2,1H3. The molecule has 0 atom stereocenters. The Morgan fingerprint density at radius 3 is 2.50 bits per heavy atom. The molecule has 0 saturated heterocycles. The summed E-state index contributed by atoms with van der Waals surface area (Å²) in [6.45, 7) is 2.65. The molecule has 2 aromatic rings. The van der Waals surface area contributed by atoms with Gasteiger partial charge in [-0.05, 0) is 48.4 Å². The summed E-state index contributed by atoms with van der Waals surface area (Å²) in [4.78, 5) is 0.128. The molecule has 0 bridgehead atoms.